The fraction of sp³-hybridized carbons (Fsp3) is 0. The van der Waals surface area contributed by atoms with Crippen LogP contribution in [0.3, 0.4) is 0 Å². The highest BCUT2D eigenvalue weighted by molar-refractivity contribution is 6.71. The molecule has 0 spiro atoms. The molecule has 0 bridgehead atoms. The number of rotatable bonds is 4. The van der Waals surface area contributed by atoms with Gasteiger partial charge in [0.1, 0.15) is 10.3 Å². The van der Waals surface area contributed by atoms with Crippen LogP contribution in [-0.4, -0.2) is 11.5 Å². The molecule has 12 heavy (non-hydrogen) atoms. The van der Waals surface area contributed by atoms with Crippen molar-refractivity contribution in [1.29, 1.82) is 5.41 Å². The molecule has 0 aromatic carbocycles. The summed E-state index contributed by atoms with van der Waals surface area (Å²) in [7, 11) is 0. The Balaban J connectivity index is 4.72. The Morgan fingerprint density at radius 1 is 1.42 bits per heavy atom. The minimum atomic E-state index is -0.458. The highest BCUT2D eigenvalue weighted by atomic mass is 35.5. The fourth-order valence-electron chi connectivity index (χ4n) is 0.386. The molecule has 0 aromatic heterocycles. The lowest BCUT2D eigenvalue weighted by Gasteiger charge is -2.02. The first-order valence-electron chi connectivity index (χ1n) is 2.69. The molecule has 3 nitrogen and oxygen atoms in total. The first kappa shape index (κ1) is 11.5. The van der Waals surface area contributed by atoms with E-state index in [0.717, 1.165) is 0 Å². The molecule has 0 heterocycles. The normalized spacial score (nSPS) is 11.6. The zero-order valence-corrected chi connectivity index (χ0v) is 8.09. The fourth-order valence-corrected chi connectivity index (χ4v) is 0.970. The van der Waals surface area contributed by atoms with Crippen molar-refractivity contribution in [1.82, 2.24) is 5.32 Å². The summed E-state index contributed by atoms with van der Waals surface area (Å²) in [5, 5.41) is 8.70. The van der Waals surface area contributed by atoms with Crippen LogP contribution in [0.4, 0.5) is 0 Å². The van der Waals surface area contributed by atoms with Crippen LogP contribution in [0.5, 0.6) is 0 Å². The van der Waals surface area contributed by atoms with Crippen LogP contribution in [0.2, 0.25) is 0 Å². The number of halogens is 3. The molecule has 0 aromatic rings. The number of allylic oxidation sites excluding steroid dienone is 1. The van der Waals surface area contributed by atoms with Gasteiger partial charge < -0.3 is 5.32 Å². The topological polar surface area (TPSA) is 53.0 Å². The number of carbonyl (C=O) groups is 1. The second-order valence-corrected chi connectivity index (χ2v) is 2.90. The van der Waals surface area contributed by atoms with E-state index in [0.29, 0.717) is 6.29 Å². The van der Waals surface area contributed by atoms with Crippen molar-refractivity contribution in [3.05, 3.63) is 22.5 Å². The van der Waals surface area contributed by atoms with E-state index in [4.69, 9.17) is 40.2 Å². The van der Waals surface area contributed by atoms with Crippen molar-refractivity contribution >= 4 is 46.3 Å². The van der Waals surface area contributed by atoms with Gasteiger partial charge in [0.25, 0.3) is 0 Å². The molecule has 0 rings (SSSR count). The summed E-state index contributed by atoms with van der Waals surface area (Å²) in [6, 6.07) is 0. The summed E-state index contributed by atoms with van der Waals surface area (Å²) in [5.41, 5.74) is -0.167. The van der Waals surface area contributed by atoms with Crippen LogP contribution in [0, 0.1) is 5.41 Å². The lowest BCUT2D eigenvalue weighted by atomic mass is 10.3. The molecule has 0 unspecified atom stereocenters. The van der Waals surface area contributed by atoms with Gasteiger partial charge in [-0.05, 0) is 0 Å². The Labute approximate surface area is 84.5 Å². The smallest absolute Gasteiger partial charge is 0.156 e. The maximum atomic E-state index is 10.3. The summed E-state index contributed by atoms with van der Waals surface area (Å²) in [4.78, 5) is 10.3. The second-order valence-electron chi connectivity index (χ2n) is 1.69. The Bertz CT molecular complexity index is 260. The van der Waals surface area contributed by atoms with E-state index in [-0.39, 0.29) is 15.9 Å². The van der Waals surface area contributed by atoms with Crippen LogP contribution in [0.1, 0.15) is 0 Å². The molecular weight excluding hydrogens is 222 g/mol. The molecule has 0 radical (unpaired) electrons. The first-order valence-corrected chi connectivity index (χ1v) is 3.83. The minimum Gasteiger partial charge on any atom is -0.337 e. The number of hydrogen-bond donors (Lipinski definition) is 2. The van der Waals surface area contributed by atoms with Gasteiger partial charge >= 0.3 is 0 Å². The average molecular weight is 227 g/mol. The third-order valence-electron chi connectivity index (χ3n) is 0.836. The Hall–Kier alpha value is -0.510. The summed E-state index contributed by atoms with van der Waals surface area (Å²) < 4.78 is 0. The summed E-state index contributed by atoms with van der Waals surface area (Å²) in [6.07, 6.45) is 0.352. The maximum Gasteiger partial charge on any atom is 0.156 e. The van der Waals surface area contributed by atoms with Gasteiger partial charge in [-0.25, -0.2) is 0 Å². The highest BCUT2D eigenvalue weighted by Gasteiger charge is 2.07. The predicted molar refractivity (Wildman–Crippen MR) is 50.7 cm³/mol. The molecule has 0 aliphatic heterocycles. The molecule has 0 saturated heterocycles. The van der Waals surface area contributed by atoms with Crippen LogP contribution in [0.25, 0.3) is 0 Å². The van der Waals surface area contributed by atoms with Crippen LogP contribution >= 0.6 is 34.8 Å². The molecule has 0 fully saturated rings. The number of nitrogens with one attached hydrogen (secondary N) is 2. The average Bonchev–Trinajstić information content (AvgIpc) is 1.85. The zero-order valence-electron chi connectivity index (χ0n) is 5.83. The van der Waals surface area contributed by atoms with Crippen molar-refractivity contribution in [2.75, 3.05) is 0 Å². The van der Waals surface area contributed by atoms with Crippen molar-refractivity contribution in [3.63, 3.8) is 0 Å². The lowest BCUT2D eigenvalue weighted by Crippen LogP contribution is -2.10. The van der Waals surface area contributed by atoms with Crippen molar-refractivity contribution in [2.45, 2.75) is 0 Å². The van der Waals surface area contributed by atoms with E-state index in [1.807, 2.05) is 0 Å². The van der Waals surface area contributed by atoms with Gasteiger partial charge in [0, 0.05) is 0 Å². The number of carbonyl (C=O) groups excluding carboxylic acids is 1. The quantitative estimate of drug-likeness (QED) is 0.335. The molecule has 0 aliphatic carbocycles. The Kier molecular flexibility index (Phi) is 4.97. The maximum absolute atomic E-state index is 10.3. The van der Waals surface area contributed by atoms with Crippen molar-refractivity contribution in [2.24, 2.45) is 0 Å². The van der Waals surface area contributed by atoms with E-state index >= 15 is 0 Å². The van der Waals surface area contributed by atoms with E-state index in [2.05, 4.69) is 11.9 Å². The first-order chi connectivity index (χ1) is 5.49. The number of aldehydes is 1. The van der Waals surface area contributed by atoms with E-state index in [1.54, 1.807) is 0 Å². The summed E-state index contributed by atoms with van der Waals surface area (Å²) in [6.45, 7) is 3.28. The van der Waals surface area contributed by atoms with Gasteiger partial charge in [0.05, 0.1) is 10.7 Å². The van der Waals surface area contributed by atoms with Gasteiger partial charge in [-0.1, -0.05) is 41.4 Å². The molecule has 0 saturated carbocycles. The van der Waals surface area contributed by atoms with Gasteiger partial charge in [0.2, 0.25) is 0 Å². The van der Waals surface area contributed by atoms with Gasteiger partial charge in [-0.15, -0.1) is 0 Å². The molecule has 2 N–H and O–H groups in total. The SMILES string of the molecule is C=C(Cl)NC(Cl)=C(C=O)C(=N)Cl. The van der Waals surface area contributed by atoms with Crippen LogP contribution < -0.4 is 5.32 Å². The van der Waals surface area contributed by atoms with Crippen LogP contribution in [-0.2, 0) is 4.79 Å². The summed E-state index contributed by atoms with van der Waals surface area (Å²) in [5.74, 6) is 0. The van der Waals surface area contributed by atoms with Gasteiger partial charge in [-0.2, -0.15) is 0 Å². The van der Waals surface area contributed by atoms with Crippen molar-refractivity contribution in [3.8, 4) is 0 Å². The zero-order chi connectivity index (χ0) is 9.72. The number of hydrogen-bond acceptors (Lipinski definition) is 3. The molecule has 66 valence electrons. The largest absolute Gasteiger partial charge is 0.337 e. The molecule has 6 heteroatoms. The highest BCUT2D eigenvalue weighted by Crippen LogP contribution is 2.10. The molecule has 0 atom stereocenters. The predicted octanol–water partition coefficient (Wildman–Crippen LogP) is 2.15. The second kappa shape index (κ2) is 5.19. The van der Waals surface area contributed by atoms with Gasteiger partial charge in [-0.3, -0.25) is 10.2 Å². The van der Waals surface area contributed by atoms with Crippen LogP contribution in [0.15, 0.2) is 22.5 Å². The third-order valence-corrected chi connectivity index (χ3v) is 1.43. The van der Waals surface area contributed by atoms with Crippen molar-refractivity contribution < 1.29 is 4.79 Å². The Morgan fingerprint density at radius 2 is 1.92 bits per heavy atom. The standard InChI is InChI=1S/C6H5Cl3N2O/c1-3(7)11-6(9)4(2-12)5(8)10/h2,10-11H,1H2. The lowest BCUT2D eigenvalue weighted by molar-refractivity contribution is -0.104. The molecular formula is C6H5Cl3N2O. The summed E-state index contributed by atoms with van der Waals surface area (Å²) >= 11 is 16.0. The third kappa shape index (κ3) is 3.76. The van der Waals surface area contributed by atoms with Gasteiger partial charge in [0.15, 0.2) is 6.29 Å². The van der Waals surface area contributed by atoms with E-state index in [9.17, 15) is 4.79 Å². The molecule has 0 amide bonds. The Morgan fingerprint density at radius 3 is 2.17 bits per heavy atom. The van der Waals surface area contributed by atoms with E-state index < -0.39 is 5.17 Å². The monoisotopic (exact) mass is 226 g/mol. The van der Waals surface area contributed by atoms with E-state index in [1.165, 1.54) is 0 Å². The minimum absolute atomic E-state index is 0.0391. The molecule has 0 aliphatic rings.